The third-order valence-electron chi connectivity index (χ3n) is 2.97. The Kier molecular flexibility index (Phi) is 3.76. The van der Waals surface area contributed by atoms with E-state index >= 15 is 0 Å². The standard InChI is InChI=1S/C14H10ClFN2O3S/c15-11-7-9(5-6-12(11)16)18-22(19,20)8-13-10-3-1-2-4-14(10)21-17-13/h1-7,18H,8H2. The van der Waals surface area contributed by atoms with Gasteiger partial charge >= 0.3 is 0 Å². The molecule has 8 heteroatoms. The Bertz CT molecular complexity index is 940. The zero-order valence-electron chi connectivity index (χ0n) is 11.1. The third kappa shape index (κ3) is 3.05. The fraction of sp³-hybridized carbons (Fsp3) is 0.0714. The van der Waals surface area contributed by atoms with Crippen LogP contribution in [0.4, 0.5) is 10.1 Å². The zero-order valence-corrected chi connectivity index (χ0v) is 12.7. The fourth-order valence-electron chi connectivity index (χ4n) is 2.00. The van der Waals surface area contributed by atoms with Crippen LogP contribution in [-0.2, 0) is 15.8 Å². The van der Waals surface area contributed by atoms with Crippen molar-refractivity contribution in [1.82, 2.24) is 5.16 Å². The molecular formula is C14H10ClFN2O3S. The highest BCUT2D eigenvalue weighted by Crippen LogP contribution is 2.23. The van der Waals surface area contributed by atoms with Crippen molar-refractivity contribution in [3.63, 3.8) is 0 Å². The van der Waals surface area contributed by atoms with Crippen molar-refractivity contribution in [2.24, 2.45) is 0 Å². The van der Waals surface area contributed by atoms with Crippen LogP contribution in [0.5, 0.6) is 0 Å². The zero-order chi connectivity index (χ0) is 15.7. The lowest BCUT2D eigenvalue weighted by atomic mass is 10.2. The summed E-state index contributed by atoms with van der Waals surface area (Å²) in [7, 11) is -3.73. The smallest absolute Gasteiger partial charge is 0.238 e. The van der Waals surface area contributed by atoms with Crippen LogP contribution in [0.2, 0.25) is 5.02 Å². The summed E-state index contributed by atoms with van der Waals surface area (Å²) in [6.07, 6.45) is 0. The van der Waals surface area contributed by atoms with Gasteiger partial charge < -0.3 is 4.52 Å². The first-order valence-electron chi connectivity index (χ1n) is 6.23. The summed E-state index contributed by atoms with van der Waals surface area (Å²) in [6.45, 7) is 0. The molecule has 5 nitrogen and oxygen atoms in total. The van der Waals surface area contributed by atoms with E-state index in [-0.39, 0.29) is 16.5 Å². The predicted octanol–water partition coefficient (Wildman–Crippen LogP) is 3.56. The Hall–Kier alpha value is -2.12. The van der Waals surface area contributed by atoms with Gasteiger partial charge in [0.15, 0.2) is 5.58 Å². The van der Waals surface area contributed by atoms with E-state index < -0.39 is 15.8 Å². The second-order valence-electron chi connectivity index (χ2n) is 4.62. The van der Waals surface area contributed by atoms with Crippen LogP contribution < -0.4 is 4.72 Å². The minimum absolute atomic E-state index is 0.160. The Balaban J connectivity index is 1.85. The van der Waals surface area contributed by atoms with Gasteiger partial charge in [-0.05, 0) is 30.3 Å². The average molecular weight is 341 g/mol. The number of aromatic nitrogens is 1. The number of rotatable bonds is 4. The molecule has 22 heavy (non-hydrogen) atoms. The van der Waals surface area contributed by atoms with E-state index in [1.807, 2.05) is 0 Å². The van der Waals surface area contributed by atoms with Gasteiger partial charge in [0.1, 0.15) is 17.3 Å². The van der Waals surface area contributed by atoms with Crippen molar-refractivity contribution >= 4 is 38.3 Å². The van der Waals surface area contributed by atoms with E-state index in [2.05, 4.69) is 9.88 Å². The molecule has 2 aromatic carbocycles. The number of fused-ring (bicyclic) bond motifs is 1. The van der Waals surface area contributed by atoms with Gasteiger partial charge in [0, 0.05) is 5.39 Å². The molecule has 0 bridgehead atoms. The lowest BCUT2D eigenvalue weighted by molar-refractivity contribution is 0.448. The first kappa shape index (κ1) is 14.8. The Morgan fingerprint density at radius 3 is 2.77 bits per heavy atom. The maximum Gasteiger partial charge on any atom is 0.238 e. The van der Waals surface area contributed by atoms with Gasteiger partial charge in [-0.1, -0.05) is 28.9 Å². The quantitative estimate of drug-likeness (QED) is 0.788. The van der Waals surface area contributed by atoms with Crippen molar-refractivity contribution in [1.29, 1.82) is 0 Å². The number of benzene rings is 2. The molecule has 1 N–H and O–H groups in total. The van der Waals surface area contributed by atoms with Crippen LogP contribution in [-0.4, -0.2) is 13.6 Å². The molecule has 0 fully saturated rings. The fourth-order valence-corrected chi connectivity index (χ4v) is 3.30. The molecule has 0 aliphatic heterocycles. The van der Waals surface area contributed by atoms with Gasteiger partial charge in [0.2, 0.25) is 10.0 Å². The molecule has 0 unspecified atom stereocenters. The van der Waals surface area contributed by atoms with Crippen LogP contribution in [0.1, 0.15) is 5.69 Å². The maximum absolute atomic E-state index is 13.1. The normalized spacial score (nSPS) is 11.7. The molecule has 0 spiro atoms. The number of nitrogens with one attached hydrogen (secondary N) is 1. The summed E-state index contributed by atoms with van der Waals surface area (Å²) in [5.74, 6) is -0.981. The van der Waals surface area contributed by atoms with Crippen molar-refractivity contribution in [3.8, 4) is 0 Å². The van der Waals surface area contributed by atoms with E-state index in [4.69, 9.17) is 16.1 Å². The highest BCUT2D eigenvalue weighted by atomic mass is 35.5. The van der Waals surface area contributed by atoms with Crippen molar-refractivity contribution in [3.05, 3.63) is 59.0 Å². The molecule has 0 amide bonds. The Labute approximate surface area is 130 Å². The van der Waals surface area contributed by atoms with E-state index in [9.17, 15) is 12.8 Å². The SMILES string of the molecule is O=S(=O)(Cc1noc2ccccc12)Nc1ccc(F)c(Cl)c1. The van der Waals surface area contributed by atoms with Crippen LogP contribution in [0.3, 0.4) is 0 Å². The molecule has 0 aliphatic carbocycles. The van der Waals surface area contributed by atoms with Gasteiger partial charge in [0.25, 0.3) is 0 Å². The minimum atomic E-state index is -3.73. The molecule has 3 aromatic rings. The minimum Gasteiger partial charge on any atom is -0.356 e. The summed E-state index contributed by atoms with van der Waals surface area (Å²) in [4.78, 5) is 0. The summed E-state index contributed by atoms with van der Waals surface area (Å²) in [6, 6.07) is 10.5. The molecule has 114 valence electrons. The van der Waals surface area contributed by atoms with E-state index in [1.54, 1.807) is 24.3 Å². The summed E-state index contributed by atoms with van der Waals surface area (Å²) >= 11 is 5.63. The molecule has 0 saturated carbocycles. The average Bonchev–Trinajstić information content (AvgIpc) is 2.85. The van der Waals surface area contributed by atoms with E-state index in [0.717, 1.165) is 6.07 Å². The van der Waals surface area contributed by atoms with Crippen molar-refractivity contribution < 1.29 is 17.3 Å². The van der Waals surface area contributed by atoms with E-state index in [1.165, 1.54) is 12.1 Å². The summed E-state index contributed by atoms with van der Waals surface area (Å²) < 4.78 is 44.8. The van der Waals surface area contributed by atoms with Crippen LogP contribution in [0, 0.1) is 5.82 Å². The van der Waals surface area contributed by atoms with E-state index in [0.29, 0.717) is 16.7 Å². The topological polar surface area (TPSA) is 72.2 Å². The summed E-state index contributed by atoms with van der Waals surface area (Å²) in [5, 5.41) is 4.24. The highest BCUT2D eigenvalue weighted by Gasteiger charge is 2.18. The Morgan fingerprint density at radius 2 is 2.00 bits per heavy atom. The molecule has 0 saturated heterocycles. The van der Waals surface area contributed by atoms with Crippen LogP contribution in [0.25, 0.3) is 11.0 Å². The number of hydrogen-bond donors (Lipinski definition) is 1. The van der Waals surface area contributed by atoms with Gasteiger partial charge in [-0.25, -0.2) is 12.8 Å². The largest absolute Gasteiger partial charge is 0.356 e. The predicted molar refractivity (Wildman–Crippen MR) is 81.7 cm³/mol. The number of nitrogens with zero attached hydrogens (tertiary/aromatic N) is 1. The number of anilines is 1. The maximum atomic E-state index is 13.1. The third-order valence-corrected chi connectivity index (χ3v) is 4.46. The first-order valence-corrected chi connectivity index (χ1v) is 8.26. The van der Waals surface area contributed by atoms with Gasteiger partial charge in [0.05, 0.1) is 10.7 Å². The lowest BCUT2D eigenvalue weighted by Gasteiger charge is -2.07. The van der Waals surface area contributed by atoms with Crippen LogP contribution in [0.15, 0.2) is 47.0 Å². The highest BCUT2D eigenvalue weighted by molar-refractivity contribution is 7.91. The lowest BCUT2D eigenvalue weighted by Crippen LogP contribution is -2.15. The van der Waals surface area contributed by atoms with Gasteiger partial charge in [-0.15, -0.1) is 0 Å². The van der Waals surface area contributed by atoms with Gasteiger partial charge in [-0.2, -0.15) is 0 Å². The molecule has 3 rings (SSSR count). The number of hydrogen-bond acceptors (Lipinski definition) is 4. The van der Waals surface area contributed by atoms with Crippen molar-refractivity contribution in [2.75, 3.05) is 4.72 Å². The molecule has 0 radical (unpaired) electrons. The van der Waals surface area contributed by atoms with Crippen molar-refractivity contribution in [2.45, 2.75) is 5.75 Å². The first-order chi connectivity index (χ1) is 10.4. The molecule has 0 aliphatic rings. The number of sulfonamides is 1. The summed E-state index contributed by atoms with van der Waals surface area (Å²) in [5.41, 5.74) is 0.994. The Morgan fingerprint density at radius 1 is 1.23 bits per heavy atom. The van der Waals surface area contributed by atoms with Gasteiger partial charge in [-0.3, -0.25) is 4.72 Å². The van der Waals surface area contributed by atoms with Crippen LogP contribution >= 0.6 is 11.6 Å². The second-order valence-corrected chi connectivity index (χ2v) is 6.74. The number of para-hydroxylation sites is 1. The molecule has 1 heterocycles. The molecular weight excluding hydrogens is 331 g/mol. The monoisotopic (exact) mass is 340 g/mol. The number of halogens is 2. The molecule has 0 atom stereocenters. The molecule has 1 aromatic heterocycles. The second kappa shape index (κ2) is 5.58.